The molecule has 0 saturated heterocycles. The Kier molecular flexibility index (Phi) is 3.39. The first-order valence-electron chi connectivity index (χ1n) is 6.30. The summed E-state index contributed by atoms with van der Waals surface area (Å²) in [6, 6.07) is 10.7. The summed E-state index contributed by atoms with van der Waals surface area (Å²) in [7, 11) is 0. The van der Waals surface area contributed by atoms with E-state index < -0.39 is 0 Å². The van der Waals surface area contributed by atoms with Crippen LogP contribution in [0.25, 0.3) is 0 Å². The van der Waals surface area contributed by atoms with Crippen molar-refractivity contribution in [2.75, 3.05) is 6.54 Å². The van der Waals surface area contributed by atoms with Crippen molar-refractivity contribution >= 4 is 11.8 Å². The van der Waals surface area contributed by atoms with Crippen LogP contribution in [0.1, 0.15) is 18.2 Å². The molecule has 3 rings (SSSR count). The Morgan fingerprint density at radius 1 is 1.39 bits per heavy atom. The molecule has 94 valence electrons. The van der Waals surface area contributed by atoms with E-state index >= 15 is 0 Å². The number of rotatable bonds is 2. The fourth-order valence-electron chi connectivity index (χ4n) is 2.29. The third kappa shape index (κ3) is 2.44. The van der Waals surface area contributed by atoms with Crippen molar-refractivity contribution in [3.63, 3.8) is 0 Å². The number of aromatic amines is 1. The number of hydrogen-bond acceptors (Lipinski definition) is 3. The SMILES string of the molecule is C[C@H]1Sc2nc[nH]c2CCN1Cc1ccccc1. The number of H-pyrrole nitrogens is 1. The van der Waals surface area contributed by atoms with Crippen LogP contribution < -0.4 is 0 Å². The summed E-state index contributed by atoms with van der Waals surface area (Å²) in [4.78, 5) is 10.1. The van der Waals surface area contributed by atoms with Gasteiger partial charge in [-0.05, 0) is 12.5 Å². The molecule has 18 heavy (non-hydrogen) atoms. The highest BCUT2D eigenvalue weighted by Gasteiger charge is 2.22. The average molecular weight is 259 g/mol. The molecule has 0 amide bonds. The lowest BCUT2D eigenvalue weighted by molar-refractivity contribution is 0.263. The number of fused-ring (bicyclic) bond motifs is 1. The van der Waals surface area contributed by atoms with Gasteiger partial charge in [0.25, 0.3) is 0 Å². The van der Waals surface area contributed by atoms with Gasteiger partial charge in [0.05, 0.1) is 11.7 Å². The molecule has 0 radical (unpaired) electrons. The van der Waals surface area contributed by atoms with E-state index in [9.17, 15) is 0 Å². The van der Waals surface area contributed by atoms with E-state index in [0.717, 1.165) is 24.5 Å². The quantitative estimate of drug-likeness (QED) is 0.900. The van der Waals surface area contributed by atoms with E-state index in [-0.39, 0.29) is 0 Å². The molecule has 1 aliphatic rings. The third-order valence-corrected chi connectivity index (χ3v) is 4.57. The minimum atomic E-state index is 0.467. The molecule has 0 saturated carbocycles. The molecule has 1 aromatic carbocycles. The van der Waals surface area contributed by atoms with Gasteiger partial charge in [-0.1, -0.05) is 42.1 Å². The molecule has 0 fully saturated rings. The molecule has 2 heterocycles. The summed E-state index contributed by atoms with van der Waals surface area (Å²) < 4.78 is 0. The van der Waals surface area contributed by atoms with Crippen LogP contribution in [0, 0.1) is 0 Å². The van der Waals surface area contributed by atoms with Gasteiger partial charge in [0.1, 0.15) is 5.03 Å². The average Bonchev–Trinajstić information content (AvgIpc) is 2.77. The summed E-state index contributed by atoms with van der Waals surface area (Å²) in [6.07, 6.45) is 2.86. The Hall–Kier alpha value is -1.26. The summed E-state index contributed by atoms with van der Waals surface area (Å²) >= 11 is 1.85. The zero-order valence-corrected chi connectivity index (χ0v) is 11.3. The van der Waals surface area contributed by atoms with Gasteiger partial charge >= 0.3 is 0 Å². The molecule has 4 heteroatoms. The Balaban J connectivity index is 1.73. The summed E-state index contributed by atoms with van der Waals surface area (Å²) in [5.41, 5.74) is 2.66. The molecule has 0 aliphatic carbocycles. The van der Waals surface area contributed by atoms with Crippen LogP contribution in [0.5, 0.6) is 0 Å². The second-order valence-electron chi connectivity index (χ2n) is 4.61. The molecule has 2 aromatic rings. The van der Waals surface area contributed by atoms with Crippen molar-refractivity contribution in [3.8, 4) is 0 Å². The Morgan fingerprint density at radius 2 is 2.22 bits per heavy atom. The van der Waals surface area contributed by atoms with Crippen LogP contribution in [0.15, 0.2) is 41.7 Å². The summed E-state index contributed by atoms with van der Waals surface area (Å²) in [5, 5.41) is 1.63. The van der Waals surface area contributed by atoms with Gasteiger partial charge in [-0.15, -0.1) is 0 Å². The first-order chi connectivity index (χ1) is 8.83. The van der Waals surface area contributed by atoms with Gasteiger partial charge in [-0.2, -0.15) is 0 Å². The second kappa shape index (κ2) is 5.16. The van der Waals surface area contributed by atoms with Gasteiger partial charge in [-0.3, -0.25) is 4.90 Å². The van der Waals surface area contributed by atoms with E-state index in [0.29, 0.717) is 5.37 Å². The zero-order chi connectivity index (χ0) is 12.4. The van der Waals surface area contributed by atoms with Crippen molar-refractivity contribution in [2.24, 2.45) is 0 Å². The van der Waals surface area contributed by atoms with Crippen LogP contribution in [-0.4, -0.2) is 26.8 Å². The van der Waals surface area contributed by atoms with E-state index in [1.807, 2.05) is 11.8 Å². The maximum absolute atomic E-state index is 4.39. The molecule has 1 aliphatic heterocycles. The largest absolute Gasteiger partial charge is 0.347 e. The topological polar surface area (TPSA) is 31.9 Å². The lowest BCUT2D eigenvalue weighted by Gasteiger charge is -2.26. The van der Waals surface area contributed by atoms with Gasteiger partial charge in [0.2, 0.25) is 0 Å². The van der Waals surface area contributed by atoms with E-state index in [4.69, 9.17) is 0 Å². The van der Waals surface area contributed by atoms with Crippen LogP contribution in [0.3, 0.4) is 0 Å². The number of nitrogens with zero attached hydrogens (tertiary/aromatic N) is 2. The fraction of sp³-hybridized carbons (Fsp3) is 0.357. The lowest BCUT2D eigenvalue weighted by Crippen LogP contribution is -2.30. The third-order valence-electron chi connectivity index (χ3n) is 3.35. The Morgan fingerprint density at radius 3 is 3.06 bits per heavy atom. The van der Waals surface area contributed by atoms with Gasteiger partial charge in [-0.25, -0.2) is 4.98 Å². The van der Waals surface area contributed by atoms with Crippen molar-refractivity contribution in [1.29, 1.82) is 0 Å². The Bertz CT molecular complexity index is 509. The highest BCUT2D eigenvalue weighted by Crippen LogP contribution is 2.30. The second-order valence-corrected chi connectivity index (χ2v) is 5.91. The molecule has 0 unspecified atom stereocenters. The molecular weight excluding hydrogens is 242 g/mol. The van der Waals surface area contributed by atoms with Gasteiger partial charge in [0, 0.05) is 25.2 Å². The lowest BCUT2D eigenvalue weighted by atomic mass is 10.2. The zero-order valence-electron chi connectivity index (χ0n) is 10.5. The molecule has 3 nitrogen and oxygen atoms in total. The van der Waals surface area contributed by atoms with E-state index in [1.165, 1.54) is 11.3 Å². The summed E-state index contributed by atoms with van der Waals surface area (Å²) in [5.74, 6) is 0. The number of thioether (sulfide) groups is 1. The van der Waals surface area contributed by atoms with Crippen molar-refractivity contribution in [3.05, 3.63) is 47.9 Å². The number of benzene rings is 1. The fourth-order valence-corrected chi connectivity index (χ4v) is 3.36. The number of nitrogens with one attached hydrogen (secondary N) is 1. The molecule has 1 atom stereocenters. The molecule has 0 bridgehead atoms. The smallest absolute Gasteiger partial charge is 0.119 e. The minimum Gasteiger partial charge on any atom is -0.347 e. The first kappa shape index (κ1) is 11.8. The summed E-state index contributed by atoms with van der Waals surface area (Å²) in [6.45, 7) is 4.36. The maximum atomic E-state index is 4.39. The van der Waals surface area contributed by atoms with E-state index in [1.54, 1.807) is 6.33 Å². The van der Waals surface area contributed by atoms with Crippen LogP contribution >= 0.6 is 11.8 Å². The predicted molar refractivity (Wildman–Crippen MR) is 74.5 cm³/mol. The van der Waals surface area contributed by atoms with E-state index in [2.05, 4.69) is 52.1 Å². The molecule has 1 aromatic heterocycles. The monoisotopic (exact) mass is 259 g/mol. The number of hydrogen-bond donors (Lipinski definition) is 1. The first-order valence-corrected chi connectivity index (χ1v) is 7.18. The van der Waals surface area contributed by atoms with Gasteiger partial charge in [0.15, 0.2) is 0 Å². The minimum absolute atomic E-state index is 0.467. The number of imidazole rings is 1. The van der Waals surface area contributed by atoms with Gasteiger partial charge < -0.3 is 4.98 Å². The highest BCUT2D eigenvalue weighted by atomic mass is 32.2. The van der Waals surface area contributed by atoms with Crippen molar-refractivity contribution in [2.45, 2.75) is 30.3 Å². The predicted octanol–water partition coefficient (Wildman–Crippen LogP) is 2.91. The Labute approximate surface area is 112 Å². The van der Waals surface area contributed by atoms with Crippen molar-refractivity contribution in [1.82, 2.24) is 14.9 Å². The standard InChI is InChI=1S/C14H17N3S/c1-11-17(9-12-5-3-2-4-6-12)8-7-13-14(18-11)16-10-15-13/h2-6,10-11H,7-9H2,1H3,(H,15,16)/t11-/m1/s1. The highest BCUT2D eigenvalue weighted by molar-refractivity contribution is 7.99. The van der Waals surface area contributed by atoms with Crippen LogP contribution in [-0.2, 0) is 13.0 Å². The molecule has 1 N–H and O–H groups in total. The normalized spacial score (nSPS) is 20.4. The van der Waals surface area contributed by atoms with Crippen molar-refractivity contribution < 1.29 is 0 Å². The number of aromatic nitrogens is 2. The van der Waals surface area contributed by atoms with Crippen LogP contribution in [0.4, 0.5) is 0 Å². The van der Waals surface area contributed by atoms with Crippen LogP contribution in [0.2, 0.25) is 0 Å². The molecular formula is C14H17N3S. The maximum Gasteiger partial charge on any atom is 0.119 e. The molecule has 0 spiro atoms.